The van der Waals surface area contributed by atoms with Gasteiger partial charge in [0.2, 0.25) is 0 Å². The number of methoxy groups -OCH3 is 1. The number of hydrogen-bond donors (Lipinski definition) is 1. The van der Waals surface area contributed by atoms with Gasteiger partial charge < -0.3 is 14.8 Å². The van der Waals surface area contributed by atoms with Gasteiger partial charge in [-0.05, 0) is 18.8 Å². The molecule has 6 heteroatoms. The molecule has 0 spiro atoms. The maximum atomic E-state index is 11.6. The maximum Gasteiger partial charge on any atom is 0.151 e. The SMILES string of the molecule is COCCCS(=O)(=O)CCNCC1CCOC1. The summed E-state index contributed by atoms with van der Waals surface area (Å²) in [5, 5.41) is 3.18. The monoisotopic (exact) mass is 265 g/mol. The van der Waals surface area contributed by atoms with Crippen molar-refractivity contribution in [3.05, 3.63) is 0 Å². The van der Waals surface area contributed by atoms with Gasteiger partial charge in [-0.25, -0.2) is 8.42 Å². The van der Waals surface area contributed by atoms with Gasteiger partial charge in [-0.1, -0.05) is 0 Å². The van der Waals surface area contributed by atoms with E-state index in [1.807, 2.05) is 0 Å². The zero-order chi connectivity index (χ0) is 12.6. The van der Waals surface area contributed by atoms with Crippen molar-refractivity contribution in [1.82, 2.24) is 5.32 Å². The molecule has 0 bridgehead atoms. The minimum absolute atomic E-state index is 0.213. The van der Waals surface area contributed by atoms with Gasteiger partial charge >= 0.3 is 0 Å². The number of hydrogen-bond acceptors (Lipinski definition) is 5. The standard InChI is InChI=1S/C11H23NO4S/c1-15-5-2-7-17(13,14)8-4-12-9-11-3-6-16-10-11/h11-12H,2-10H2,1H3. The normalized spacial score (nSPS) is 20.9. The maximum absolute atomic E-state index is 11.6. The fourth-order valence-corrected chi connectivity index (χ4v) is 3.02. The Hall–Kier alpha value is -0.170. The molecule has 1 atom stereocenters. The van der Waals surface area contributed by atoms with Crippen LogP contribution in [-0.2, 0) is 19.3 Å². The van der Waals surface area contributed by atoms with Crippen LogP contribution in [0, 0.1) is 5.92 Å². The summed E-state index contributed by atoms with van der Waals surface area (Å²) < 4.78 is 33.2. The lowest BCUT2D eigenvalue weighted by atomic mass is 10.1. The van der Waals surface area contributed by atoms with Gasteiger partial charge in [0.1, 0.15) is 0 Å². The Morgan fingerprint density at radius 3 is 2.88 bits per heavy atom. The van der Waals surface area contributed by atoms with E-state index in [9.17, 15) is 8.42 Å². The highest BCUT2D eigenvalue weighted by Gasteiger charge is 2.15. The van der Waals surface area contributed by atoms with E-state index in [0.717, 1.165) is 26.2 Å². The topological polar surface area (TPSA) is 64.6 Å². The fourth-order valence-electron chi connectivity index (χ4n) is 1.80. The first-order chi connectivity index (χ1) is 8.14. The second-order valence-electron chi connectivity index (χ2n) is 4.43. The minimum Gasteiger partial charge on any atom is -0.385 e. The van der Waals surface area contributed by atoms with Gasteiger partial charge in [0.25, 0.3) is 0 Å². The van der Waals surface area contributed by atoms with Gasteiger partial charge in [0.05, 0.1) is 18.1 Å². The average Bonchev–Trinajstić information content (AvgIpc) is 2.77. The minimum atomic E-state index is -2.92. The molecular formula is C11H23NO4S. The molecule has 1 aliphatic rings. The highest BCUT2D eigenvalue weighted by atomic mass is 32.2. The number of ether oxygens (including phenoxy) is 2. The Morgan fingerprint density at radius 2 is 2.24 bits per heavy atom. The molecule has 1 saturated heterocycles. The summed E-state index contributed by atoms with van der Waals surface area (Å²) in [7, 11) is -1.34. The highest BCUT2D eigenvalue weighted by molar-refractivity contribution is 7.91. The average molecular weight is 265 g/mol. The van der Waals surface area contributed by atoms with Crippen LogP contribution in [0.15, 0.2) is 0 Å². The first-order valence-corrected chi connectivity index (χ1v) is 7.94. The second kappa shape index (κ2) is 8.02. The van der Waals surface area contributed by atoms with Crippen LogP contribution in [0.2, 0.25) is 0 Å². The summed E-state index contributed by atoms with van der Waals surface area (Å²) >= 11 is 0. The summed E-state index contributed by atoms with van der Waals surface area (Å²) in [6.45, 7) is 3.53. The third-order valence-electron chi connectivity index (χ3n) is 2.85. The molecule has 0 aromatic rings. The van der Waals surface area contributed by atoms with Crippen molar-refractivity contribution in [3.63, 3.8) is 0 Å². The molecule has 102 valence electrons. The summed E-state index contributed by atoms with van der Waals surface area (Å²) in [6, 6.07) is 0. The van der Waals surface area contributed by atoms with Gasteiger partial charge in [-0.2, -0.15) is 0 Å². The second-order valence-corrected chi connectivity index (χ2v) is 6.74. The molecule has 0 radical (unpaired) electrons. The van der Waals surface area contributed by atoms with E-state index < -0.39 is 9.84 Å². The Labute approximate surface area is 104 Å². The van der Waals surface area contributed by atoms with Crippen molar-refractivity contribution in [3.8, 4) is 0 Å². The lowest BCUT2D eigenvalue weighted by Gasteiger charge is -2.09. The van der Waals surface area contributed by atoms with E-state index in [1.165, 1.54) is 0 Å². The Bertz CT molecular complexity index is 286. The molecule has 0 aliphatic carbocycles. The predicted molar refractivity (Wildman–Crippen MR) is 66.9 cm³/mol. The van der Waals surface area contributed by atoms with Crippen LogP contribution in [0.5, 0.6) is 0 Å². The van der Waals surface area contributed by atoms with E-state index in [0.29, 0.717) is 25.5 Å². The third kappa shape index (κ3) is 6.98. The third-order valence-corrected chi connectivity index (χ3v) is 4.59. The molecule has 1 N–H and O–H groups in total. The van der Waals surface area contributed by atoms with Crippen molar-refractivity contribution in [2.75, 3.05) is 51.5 Å². The molecule has 5 nitrogen and oxygen atoms in total. The summed E-state index contributed by atoms with van der Waals surface area (Å²) in [6.07, 6.45) is 1.66. The largest absolute Gasteiger partial charge is 0.385 e. The predicted octanol–water partition coefficient (Wildman–Crippen LogP) is 0.0638. The molecule has 0 amide bonds. The smallest absolute Gasteiger partial charge is 0.151 e. The molecule has 1 heterocycles. The van der Waals surface area contributed by atoms with Crippen LogP contribution in [0.3, 0.4) is 0 Å². The van der Waals surface area contributed by atoms with E-state index in [1.54, 1.807) is 7.11 Å². The number of nitrogens with one attached hydrogen (secondary N) is 1. The lowest BCUT2D eigenvalue weighted by Crippen LogP contribution is -2.29. The molecule has 0 saturated carbocycles. The summed E-state index contributed by atoms with van der Waals surface area (Å²) in [5.74, 6) is 0.977. The quantitative estimate of drug-likeness (QED) is 0.597. The first kappa shape index (κ1) is 14.9. The van der Waals surface area contributed by atoms with Crippen molar-refractivity contribution >= 4 is 9.84 Å². The van der Waals surface area contributed by atoms with Crippen LogP contribution in [-0.4, -0.2) is 59.9 Å². The molecule has 17 heavy (non-hydrogen) atoms. The Kier molecular flexibility index (Phi) is 7.03. The van der Waals surface area contributed by atoms with Crippen molar-refractivity contribution in [2.24, 2.45) is 5.92 Å². The van der Waals surface area contributed by atoms with E-state index in [4.69, 9.17) is 9.47 Å². The molecule has 1 rings (SSSR count). The van der Waals surface area contributed by atoms with Crippen molar-refractivity contribution in [2.45, 2.75) is 12.8 Å². The van der Waals surface area contributed by atoms with Crippen LogP contribution >= 0.6 is 0 Å². The van der Waals surface area contributed by atoms with Crippen LogP contribution in [0.4, 0.5) is 0 Å². The number of rotatable bonds is 9. The van der Waals surface area contributed by atoms with Crippen molar-refractivity contribution in [1.29, 1.82) is 0 Å². The Balaban J connectivity index is 2.03. The summed E-state index contributed by atoms with van der Waals surface area (Å²) in [5.41, 5.74) is 0. The molecule has 1 unspecified atom stereocenters. The molecular weight excluding hydrogens is 242 g/mol. The fraction of sp³-hybridized carbons (Fsp3) is 1.00. The number of sulfone groups is 1. The van der Waals surface area contributed by atoms with Gasteiger partial charge in [-0.3, -0.25) is 0 Å². The first-order valence-electron chi connectivity index (χ1n) is 6.12. The Morgan fingerprint density at radius 1 is 1.41 bits per heavy atom. The summed E-state index contributed by atoms with van der Waals surface area (Å²) in [4.78, 5) is 0. The molecule has 0 aromatic heterocycles. The van der Waals surface area contributed by atoms with Gasteiger partial charge in [-0.15, -0.1) is 0 Å². The van der Waals surface area contributed by atoms with E-state index in [-0.39, 0.29) is 11.5 Å². The van der Waals surface area contributed by atoms with Gasteiger partial charge in [0.15, 0.2) is 9.84 Å². The van der Waals surface area contributed by atoms with Crippen molar-refractivity contribution < 1.29 is 17.9 Å². The van der Waals surface area contributed by atoms with E-state index >= 15 is 0 Å². The highest BCUT2D eigenvalue weighted by Crippen LogP contribution is 2.10. The van der Waals surface area contributed by atoms with Crippen LogP contribution in [0.25, 0.3) is 0 Å². The van der Waals surface area contributed by atoms with E-state index in [2.05, 4.69) is 5.32 Å². The zero-order valence-corrected chi connectivity index (χ0v) is 11.3. The molecule has 1 aliphatic heterocycles. The van der Waals surface area contributed by atoms with Crippen LogP contribution in [0.1, 0.15) is 12.8 Å². The molecule has 1 fully saturated rings. The zero-order valence-electron chi connectivity index (χ0n) is 10.5. The van der Waals surface area contributed by atoms with Gasteiger partial charge in [0, 0.05) is 33.4 Å². The molecule has 0 aromatic carbocycles. The lowest BCUT2D eigenvalue weighted by molar-refractivity contribution is 0.185. The van der Waals surface area contributed by atoms with Crippen LogP contribution < -0.4 is 5.32 Å².